The summed E-state index contributed by atoms with van der Waals surface area (Å²) >= 11 is 0. The quantitative estimate of drug-likeness (QED) is 0.414. The number of hydrogen-bond donors (Lipinski definition) is 3. The van der Waals surface area contributed by atoms with Gasteiger partial charge in [0.1, 0.15) is 0 Å². The molecule has 0 heterocycles. The van der Waals surface area contributed by atoms with E-state index in [4.69, 9.17) is 5.11 Å². The number of urea groups is 1. The van der Waals surface area contributed by atoms with Gasteiger partial charge >= 0.3 is 6.03 Å². The minimum absolute atomic E-state index is 0.00303. The molecule has 0 unspecified atom stereocenters. The Kier molecular flexibility index (Phi) is 5.74. The number of carbonyl (C=O) groups is 1. The lowest BCUT2D eigenvalue weighted by atomic mass is 10.1. The fraction of sp³-hybridized carbons (Fsp3) is 0.417. The van der Waals surface area contributed by atoms with Crippen LogP contribution in [0.1, 0.15) is 18.9 Å². The van der Waals surface area contributed by atoms with Gasteiger partial charge in [-0.05, 0) is 18.9 Å². The average molecular weight is 267 g/mol. The predicted octanol–water partition coefficient (Wildman–Crippen LogP) is 1.66. The maximum absolute atomic E-state index is 11.4. The van der Waals surface area contributed by atoms with Gasteiger partial charge in [-0.25, -0.2) is 4.79 Å². The van der Waals surface area contributed by atoms with Crippen LogP contribution in [0.4, 0.5) is 16.2 Å². The first kappa shape index (κ1) is 14.9. The topological polar surface area (TPSA) is 104 Å². The predicted molar refractivity (Wildman–Crippen MR) is 71.2 cm³/mol. The van der Waals surface area contributed by atoms with E-state index in [2.05, 4.69) is 10.6 Å². The molecule has 19 heavy (non-hydrogen) atoms. The lowest BCUT2D eigenvalue weighted by Gasteiger charge is -2.08. The molecule has 0 aliphatic carbocycles. The number of benzene rings is 1. The van der Waals surface area contributed by atoms with Crippen molar-refractivity contribution in [3.05, 3.63) is 33.9 Å². The highest BCUT2D eigenvalue weighted by Gasteiger charge is 2.13. The smallest absolute Gasteiger partial charge is 0.319 e. The fourth-order valence-electron chi connectivity index (χ4n) is 1.57. The summed E-state index contributed by atoms with van der Waals surface area (Å²) in [5.41, 5.74) is 0.984. The van der Waals surface area contributed by atoms with Crippen molar-refractivity contribution in [3.8, 4) is 0 Å². The normalized spacial score (nSPS) is 10.0. The van der Waals surface area contributed by atoms with E-state index >= 15 is 0 Å². The summed E-state index contributed by atoms with van der Waals surface area (Å²) < 4.78 is 0. The van der Waals surface area contributed by atoms with Crippen LogP contribution in [-0.4, -0.2) is 29.2 Å². The van der Waals surface area contributed by atoms with Gasteiger partial charge in [-0.15, -0.1) is 0 Å². The number of carbonyl (C=O) groups excluding carboxylic acids is 1. The van der Waals surface area contributed by atoms with E-state index in [0.717, 1.165) is 0 Å². The molecule has 1 aromatic rings. The van der Waals surface area contributed by atoms with E-state index in [1.165, 1.54) is 6.07 Å². The molecule has 0 spiro atoms. The molecule has 0 aromatic heterocycles. The van der Waals surface area contributed by atoms with Crippen molar-refractivity contribution < 1.29 is 14.8 Å². The number of anilines is 1. The van der Waals surface area contributed by atoms with Crippen LogP contribution in [0.5, 0.6) is 0 Å². The maximum Gasteiger partial charge on any atom is 0.319 e. The van der Waals surface area contributed by atoms with Crippen molar-refractivity contribution >= 4 is 17.4 Å². The number of amides is 2. The minimum Gasteiger partial charge on any atom is -0.396 e. The summed E-state index contributed by atoms with van der Waals surface area (Å²) in [4.78, 5) is 21.9. The molecule has 0 aliphatic heterocycles. The largest absolute Gasteiger partial charge is 0.396 e. The lowest BCUT2D eigenvalue weighted by Crippen LogP contribution is -2.29. The number of nitrogens with one attached hydrogen (secondary N) is 2. The van der Waals surface area contributed by atoms with Crippen molar-refractivity contribution in [1.29, 1.82) is 0 Å². The van der Waals surface area contributed by atoms with Gasteiger partial charge < -0.3 is 15.7 Å². The zero-order chi connectivity index (χ0) is 14.3. The van der Waals surface area contributed by atoms with Crippen molar-refractivity contribution in [1.82, 2.24) is 5.32 Å². The molecule has 1 aromatic carbocycles. The molecule has 0 bridgehead atoms. The van der Waals surface area contributed by atoms with Gasteiger partial charge in [0.15, 0.2) is 0 Å². The van der Waals surface area contributed by atoms with E-state index in [1.54, 1.807) is 12.1 Å². The Morgan fingerprint density at radius 3 is 2.79 bits per heavy atom. The third-order valence-corrected chi connectivity index (χ3v) is 2.54. The molecule has 7 heteroatoms. The Morgan fingerprint density at radius 2 is 2.21 bits per heavy atom. The van der Waals surface area contributed by atoms with Gasteiger partial charge in [-0.1, -0.05) is 13.0 Å². The molecular formula is C12H17N3O4. The van der Waals surface area contributed by atoms with E-state index in [1.807, 2.05) is 6.92 Å². The molecule has 0 radical (unpaired) electrons. The molecule has 0 saturated carbocycles. The Balaban J connectivity index is 2.71. The SMILES string of the molecule is CCc1ccc(NC(=O)NCCCO)cc1[N+](=O)[O-]. The van der Waals surface area contributed by atoms with Gasteiger partial charge in [0.25, 0.3) is 5.69 Å². The number of nitro benzene ring substituents is 1. The molecule has 0 saturated heterocycles. The molecule has 0 aliphatic rings. The van der Waals surface area contributed by atoms with Crippen molar-refractivity contribution in [3.63, 3.8) is 0 Å². The third-order valence-electron chi connectivity index (χ3n) is 2.54. The Morgan fingerprint density at radius 1 is 1.47 bits per heavy atom. The second-order valence-corrected chi connectivity index (χ2v) is 3.91. The number of aliphatic hydroxyl groups excluding tert-OH is 1. The van der Waals surface area contributed by atoms with Crippen LogP contribution in [0.25, 0.3) is 0 Å². The number of aryl methyl sites for hydroxylation is 1. The minimum atomic E-state index is -0.465. The molecule has 3 N–H and O–H groups in total. The second kappa shape index (κ2) is 7.32. The number of rotatable bonds is 6. The standard InChI is InChI=1S/C12H17N3O4/c1-2-9-4-5-10(8-11(9)15(18)19)14-12(17)13-6-3-7-16/h4-5,8,16H,2-3,6-7H2,1H3,(H2,13,14,17). The summed E-state index contributed by atoms with van der Waals surface area (Å²) in [6, 6.07) is 4.13. The first-order valence-electron chi connectivity index (χ1n) is 6.01. The molecular weight excluding hydrogens is 250 g/mol. The number of hydrogen-bond acceptors (Lipinski definition) is 4. The third kappa shape index (κ3) is 4.55. The van der Waals surface area contributed by atoms with Gasteiger partial charge in [-0.3, -0.25) is 10.1 Å². The van der Waals surface area contributed by atoms with Crippen LogP contribution in [-0.2, 0) is 6.42 Å². The second-order valence-electron chi connectivity index (χ2n) is 3.91. The highest BCUT2D eigenvalue weighted by atomic mass is 16.6. The Labute approximate surface area is 110 Å². The van der Waals surface area contributed by atoms with E-state index in [0.29, 0.717) is 30.6 Å². The van der Waals surface area contributed by atoms with Crippen LogP contribution in [0.15, 0.2) is 18.2 Å². The van der Waals surface area contributed by atoms with Crippen LogP contribution < -0.4 is 10.6 Å². The first-order chi connectivity index (χ1) is 9.08. The molecule has 104 valence electrons. The summed E-state index contributed by atoms with van der Waals surface area (Å²) in [6.45, 7) is 2.17. The first-order valence-corrected chi connectivity index (χ1v) is 6.01. The summed E-state index contributed by atoms with van der Waals surface area (Å²) in [5, 5.41) is 24.5. The molecule has 0 fully saturated rings. The van der Waals surface area contributed by atoms with Gasteiger partial charge in [0, 0.05) is 30.5 Å². The summed E-state index contributed by atoms with van der Waals surface area (Å²) in [6.07, 6.45) is 1.02. The number of nitrogens with zero attached hydrogens (tertiary/aromatic N) is 1. The average Bonchev–Trinajstić information content (AvgIpc) is 2.39. The van der Waals surface area contributed by atoms with Crippen molar-refractivity contribution in [2.24, 2.45) is 0 Å². The van der Waals surface area contributed by atoms with Gasteiger partial charge in [-0.2, -0.15) is 0 Å². The Hall–Kier alpha value is -2.15. The van der Waals surface area contributed by atoms with Gasteiger partial charge in [0.2, 0.25) is 0 Å². The highest BCUT2D eigenvalue weighted by molar-refractivity contribution is 5.89. The lowest BCUT2D eigenvalue weighted by molar-refractivity contribution is -0.385. The van der Waals surface area contributed by atoms with E-state index in [9.17, 15) is 14.9 Å². The van der Waals surface area contributed by atoms with Crippen LogP contribution in [0, 0.1) is 10.1 Å². The number of aliphatic hydroxyl groups is 1. The van der Waals surface area contributed by atoms with E-state index in [-0.39, 0.29) is 12.3 Å². The number of nitro groups is 1. The van der Waals surface area contributed by atoms with Crippen LogP contribution in [0.3, 0.4) is 0 Å². The zero-order valence-electron chi connectivity index (χ0n) is 10.7. The molecule has 1 rings (SSSR count). The van der Waals surface area contributed by atoms with Gasteiger partial charge in [0.05, 0.1) is 4.92 Å². The zero-order valence-corrected chi connectivity index (χ0v) is 10.7. The monoisotopic (exact) mass is 267 g/mol. The van der Waals surface area contributed by atoms with Crippen LogP contribution >= 0.6 is 0 Å². The summed E-state index contributed by atoms with van der Waals surface area (Å²) in [5.74, 6) is 0. The fourth-order valence-corrected chi connectivity index (χ4v) is 1.57. The summed E-state index contributed by atoms with van der Waals surface area (Å²) in [7, 11) is 0. The van der Waals surface area contributed by atoms with Crippen molar-refractivity contribution in [2.75, 3.05) is 18.5 Å². The van der Waals surface area contributed by atoms with E-state index < -0.39 is 11.0 Å². The molecule has 0 atom stereocenters. The highest BCUT2D eigenvalue weighted by Crippen LogP contribution is 2.23. The Bertz CT molecular complexity index is 462. The maximum atomic E-state index is 11.4. The molecule has 2 amide bonds. The van der Waals surface area contributed by atoms with Crippen molar-refractivity contribution in [2.45, 2.75) is 19.8 Å². The van der Waals surface area contributed by atoms with Crippen LogP contribution in [0.2, 0.25) is 0 Å². The molecule has 7 nitrogen and oxygen atoms in total.